The predicted octanol–water partition coefficient (Wildman–Crippen LogP) is 3.01. The first-order valence-electron chi connectivity index (χ1n) is 6.76. The standard InChI is InChI=1S/C15H20N2/c1(3-14-4-2-8-16-12-14)5-15-11-13-6-9-17(15)10-7-13/h2,4,8,11-13H,1,3,5-7,9-10H2. The van der Waals surface area contributed by atoms with Gasteiger partial charge in [-0.2, -0.15) is 0 Å². The average molecular weight is 228 g/mol. The fourth-order valence-electron chi connectivity index (χ4n) is 2.99. The van der Waals surface area contributed by atoms with Crippen molar-refractivity contribution in [3.05, 3.63) is 41.9 Å². The summed E-state index contributed by atoms with van der Waals surface area (Å²) in [6.45, 7) is 2.59. The van der Waals surface area contributed by atoms with Crippen LogP contribution in [0, 0.1) is 5.92 Å². The predicted molar refractivity (Wildman–Crippen MR) is 69.6 cm³/mol. The van der Waals surface area contributed by atoms with Crippen LogP contribution in [0.4, 0.5) is 0 Å². The zero-order valence-electron chi connectivity index (χ0n) is 10.3. The average Bonchev–Trinajstić information content (AvgIpc) is 2.41. The van der Waals surface area contributed by atoms with Gasteiger partial charge in [-0.1, -0.05) is 12.1 Å². The van der Waals surface area contributed by atoms with Crippen molar-refractivity contribution < 1.29 is 0 Å². The van der Waals surface area contributed by atoms with Crippen LogP contribution in [0.25, 0.3) is 0 Å². The number of piperidine rings is 1. The molecule has 2 nitrogen and oxygen atoms in total. The number of aryl methyl sites for hydroxylation is 1. The molecule has 0 radical (unpaired) electrons. The minimum Gasteiger partial charge on any atom is -0.375 e. The van der Waals surface area contributed by atoms with Crippen LogP contribution in [0.5, 0.6) is 0 Å². The van der Waals surface area contributed by atoms with Gasteiger partial charge in [-0.25, -0.2) is 0 Å². The summed E-state index contributed by atoms with van der Waals surface area (Å²) in [7, 11) is 0. The molecular weight excluding hydrogens is 208 g/mol. The first-order valence-corrected chi connectivity index (χ1v) is 6.76. The quantitative estimate of drug-likeness (QED) is 0.787. The zero-order chi connectivity index (χ0) is 11.5. The largest absolute Gasteiger partial charge is 0.375 e. The molecule has 0 saturated carbocycles. The lowest BCUT2D eigenvalue weighted by Gasteiger charge is -2.40. The third kappa shape index (κ3) is 2.51. The maximum atomic E-state index is 4.16. The van der Waals surface area contributed by atoms with Gasteiger partial charge in [-0.15, -0.1) is 0 Å². The molecule has 4 rings (SSSR count). The Morgan fingerprint density at radius 1 is 1.24 bits per heavy atom. The fraction of sp³-hybridized carbons (Fsp3) is 0.533. The van der Waals surface area contributed by atoms with Crippen LogP contribution in [0.2, 0.25) is 0 Å². The van der Waals surface area contributed by atoms with Crippen molar-refractivity contribution in [1.82, 2.24) is 9.88 Å². The second-order valence-corrected chi connectivity index (χ2v) is 5.20. The second kappa shape index (κ2) is 4.91. The molecule has 0 spiro atoms. The highest BCUT2D eigenvalue weighted by Crippen LogP contribution is 2.31. The molecule has 1 aromatic rings. The summed E-state index contributed by atoms with van der Waals surface area (Å²) in [6.07, 6.45) is 12.8. The van der Waals surface area contributed by atoms with Crippen LogP contribution < -0.4 is 0 Å². The molecule has 2 bridgehead atoms. The van der Waals surface area contributed by atoms with E-state index in [9.17, 15) is 0 Å². The molecule has 4 heterocycles. The molecule has 0 aliphatic carbocycles. The van der Waals surface area contributed by atoms with E-state index >= 15 is 0 Å². The van der Waals surface area contributed by atoms with Crippen molar-refractivity contribution in [1.29, 1.82) is 0 Å². The Balaban J connectivity index is 1.52. The molecule has 1 saturated heterocycles. The summed E-state index contributed by atoms with van der Waals surface area (Å²) in [4.78, 5) is 6.75. The molecular formula is C15H20N2. The van der Waals surface area contributed by atoms with Crippen molar-refractivity contribution in [2.45, 2.75) is 32.1 Å². The van der Waals surface area contributed by atoms with Crippen molar-refractivity contribution in [3.63, 3.8) is 0 Å². The van der Waals surface area contributed by atoms with Crippen LogP contribution in [0.3, 0.4) is 0 Å². The van der Waals surface area contributed by atoms with E-state index in [-0.39, 0.29) is 0 Å². The maximum absolute atomic E-state index is 4.16. The van der Waals surface area contributed by atoms with E-state index in [1.807, 2.05) is 18.5 Å². The molecule has 3 aliphatic heterocycles. The van der Waals surface area contributed by atoms with Crippen LogP contribution in [-0.4, -0.2) is 23.0 Å². The van der Waals surface area contributed by atoms with Gasteiger partial charge >= 0.3 is 0 Å². The minimum atomic E-state index is 0.883. The molecule has 1 fully saturated rings. The van der Waals surface area contributed by atoms with E-state index in [4.69, 9.17) is 0 Å². The van der Waals surface area contributed by atoms with Crippen LogP contribution >= 0.6 is 0 Å². The third-order valence-electron chi connectivity index (χ3n) is 4.00. The Morgan fingerprint density at radius 2 is 2.12 bits per heavy atom. The lowest BCUT2D eigenvalue weighted by atomic mass is 9.89. The topological polar surface area (TPSA) is 16.1 Å². The summed E-state index contributed by atoms with van der Waals surface area (Å²) < 4.78 is 0. The first kappa shape index (κ1) is 10.8. The number of hydrogen-bond acceptors (Lipinski definition) is 2. The van der Waals surface area contributed by atoms with Gasteiger partial charge in [0.15, 0.2) is 0 Å². The van der Waals surface area contributed by atoms with Gasteiger partial charge in [0.1, 0.15) is 0 Å². The molecule has 0 aromatic carbocycles. The van der Waals surface area contributed by atoms with Crippen LogP contribution in [0.1, 0.15) is 31.2 Å². The maximum Gasteiger partial charge on any atom is 0.0299 e. The van der Waals surface area contributed by atoms with E-state index in [1.165, 1.54) is 44.3 Å². The molecule has 0 unspecified atom stereocenters. The number of allylic oxidation sites excluding steroid dienone is 2. The van der Waals surface area contributed by atoms with Gasteiger partial charge in [0.25, 0.3) is 0 Å². The number of rotatable bonds is 4. The Hall–Kier alpha value is -1.31. The number of nitrogens with zero attached hydrogens (tertiary/aromatic N) is 2. The zero-order valence-corrected chi connectivity index (χ0v) is 10.3. The van der Waals surface area contributed by atoms with E-state index in [1.54, 1.807) is 5.70 Å². The monoisotopic (exact) mass is 228 g/mol. The molecule has 0 atom stereocenters. The van der Waals surface area contributed by atoms with Gasteiger partial charge in [0.05, 0.1) is 0 Å². The Bertz CT molecular complexity index is 389. The number of pyridine rings is 1. The lowest BCUT2D eigenvalue weighted by molar-refractivity contribution is 0.211. The highest BCUT2D eigenvalue weighted by atomic mass is 15.1. The Kier molecular flexibility index (Phi) is 3.12. The van der Waals surface area contributed by atoms with Crippen molar-refractivity contribution >= 4 is 0 Å². The molecule has 90 valence electrons. The fourth-order valence-corrected chi connectivity index (χ4v) is 2.99. The minimum absolute atomic E-state index is 0.883. The van der Waals surface area contributed by atoms with Crippen molar-refractivity contribution in [2.24, 2.45) is 5.92 Å². The Morgan fingerprint density at radius 3 is 2.76 bits per heavy atom. The number of fused-ring (bicyclic) bond motifs is 2. The number of aromatic nitrogens is 1. The van der Waals surface area contributed by atoms with Gasteiger partial charge in [0, 0.05) is 31.2 Å². The lowest BCUT2D eigenvalue weighted by Crippen LogP contribution is -2.37. The van der Waals surface area contributed by atoms with Crippen molar-refractivity contribution in [2.75, 3.05) is 13.1 Å². The smallest absolute Gasteiger partial charge is 0.0299 e. The van der Waals surface area contributed by atoms with Gasteiger partial charge in [-0.3, -0.25) is 4.98 Å². The normalized spacial score (nSPS) is 19.5. The molecule has 3 aliphatic rings. The molecule has 17 heavy (non-hydrogen) atoms. The molecule has 0 amide bonds. The van der Waals surface area contributed by atoms with Crippen LogP contribution in [0.15, 0.2) is 36.3 Å². The summed E-state index contributed by atoms with van der Waals surface area (Å²) in [5, 5.41) is 0. The van der Waals surface area contributed by atoms with E-state index in [2.05, 4.69) is 22.0 Å². The highest BCUT2D eigenvalue weighted by Gasteiger charge is 2.25. The molecule has 1 aromatic heterocycles. The van der Waals surface area contributed by atoms with E-state index < -0.39 is 0 Å². The summed E-state index contributed by atoms with van der Waals surface area (Å²) in [5.41, 5.74) is 2.97. The van der Waals surface area contributed by atoms with E-state index in [0.29, 0.717) is 0 Å². The van der Waals surface area contributed by atoms with Gasteiger partial charge < -0.3 is 4.90 Å². The van der Waals surface area contributed by atoms with Gasteiger partial charge in [0.2, 0.25) is 0 Å². The summed E-state index contributed by atoms with van der Waals surface area (Å²) >= 11 is 0. The summed E-state index contributed by atoms with van der Waals surface area (Å²) in [6, 6.07) is 4.20. The molecule has 0 N–H and O–H groups in total. The molecule has 2 heteroatoms. The summed E-state index contributed by atoms with van der Waals surface area (Å²) in [5.74, 6) is 0.883. The number of hydrogen-bond donors (Lipinski definition) is 0. The SMILES string of the molecule is C1=C(CCCc2cccnc2)N2CCC1CC2. The van der Waals surface area contributed by atoms with E-state index in [0.717, 1.165) is 12.3 Å². The highest BCUT2D eigenvalue weighted by molar-refractivity contribution is 5.13. The van der Waals surface area contributed by atoms with Crippen molar-refractivity contribution in [3.8, 4) is 0 Å². The third-order valence-corrected chi connectivity index (χ3v) is 4.00. The Labute approximate surface area is 103 Å². The second-order valence-electron chi connectivity index (χ2n) is 5.20. The first-order chi connectivity index (χ1) is 8.42. The van der Waals surface area contributed by atoms with Gasteiger partial charge in [-0.05, 0) is 49.7 Å². The van der Waals surface area contributed by atoms with Crippen LogP contribution in [-0.2, 0) is 6.42 Å².